The fraction of sp³-hybridized carbons (Fsp3) is 0.455. The fourth-order valence-corrected chi connectivity index (χ4v) is 1.39. The molecule has 1 rings (SSSR count). The summed E-state index contributed by atoms with van der Waals surface area (Å²) in [5.74, 6) is 0. The predicted octanol–water partition coefficient (Wildman–Crippen LogP) is 2.65. The van der Waals surface area contributed by atoms with Crippen LogP contribution in [-0.2, 0) is 12.8 Å². The minimum atomic E-state index is -4.43. The van der Waals surface area contributed by atoms with Crippen molar-refractivity contribution in [2.24, 2.45) is 0 Å². The summed E-state index contributed by atoms with van der Waals surface area (Å²) < 4.78 is 38.0. The van der Waals surface area contributed by atoms with Gasteiger partial charge < -0.3 is 10.0 Å². The van der Waals surface area contributed by atoms with Crippen molar-refractivity contribution in [3.8, 4) is 0 Å². The molecule has 1 N–H and O–H groups in total. The Morgan fingerprint density at radius 1 is 1.31 bits per heavy atom. The first-order valence-corrected chi connectivity index (χ1v) is 4.92. The second kappa shape index (κ2) is 4.74. The number of hydrogen-bond donors (Lipinski definition) is 1. The van der Waals surface area contributed by atoms with Gasteiger partial charge in [0.2, 0.25) is 0 Å². The molecule has 0 amide bonds. The molecule has 0 unspecified atom stereocenters. The average molecular weight is 233 g/mol. The van der Waals surface area contributed by atoms with Gasteiger partial charge in [-0.2, -0.15) is 13.2 Å². The highest BCUT2D eigenvalue weighted by Gasteiger charge is 2.33. The molecule has 0 aliphatic rings. The van der Waals surface area contributed by atoms with Crippen LogP contribution in [0.3, 0.4) is 0 Å². The molecule has 1 aromatic rings. The third-order valence-corrected chi connectivity index (χ3v) is 2.48. The van der Waals surface area contributed by atoms with E-state index in [-0.39, 0.29) is 5.56 Å². The van der Waals surface area contributed by atoms with Gasteiger partial charge in [-0.25, -0.2) is 0 Å². The van der Waals surface area contributed by atoms with Crippen molar-refractivity contribution < 1.29 is 18.3 Å². The molecule has 0 saturated heterocycles. The highest BCUT2D eigenvalue weighted by molar-refractivity contribution is 5.51. The zero-order valence-electron chi connectivity index (χ0n) is 9.17. The van der Waals surface area contributed by atoms with Gasteiger partial charge in [0.05, 0.1) is 12.2 Å². The van der Waals surface area contributed by atoms with Crippen molar-refractivity contribution in [2.75, 3.05) is 18.5 Å². The Morgan fingerprint density at radius 3 is 2.38 bits per heavy atom. The quantitative estimate of drug-likeness (QED) is 0.867. The molecular weight excluding hydrogens is 219 g/mol. The van der Waals surface area contributed by atoms with E-state index in [1.807, 2.05) is 6.92 Å². The number of alkyl halides is 3. The standard InChI is InChI=1S/C11H14F3NO/c1-3-15(2)9-5-4-8(7-16)10(6-9)11(12,13)14/h4-6,16H,3,7H2,1-2H3. The van der Waals surface area contributed by atoms with E-state index in [1.54, 1.807) is 18.0 Å². The van der Waals surface area contributed by atoms with E-state index in [4.69, 9.17) is 5.11 Å². The van der Waals surface area contributed by atoms with Crippen molar-refractivity contribution in [2.45, 2.75) is 19.7 Å². The minimum absolute atomic E-state index is 0.0965. The smallest absolute Gasteiger partial charge is 0.392 e. The molecule has 0 aliphatic carbocycles. The summed E-state index contributed by atoms with van der Waals surface area (Å²) in [5.41, 5.74) is -0.374. The van der Waals surface area contributed by atoms with Gasteiger partial charge in [0.25, 0.3) is 0 Å². The van der Waals surface area contributed by atoms with Crippen molar-refractivity contribution in [1.82, 2.24) is 0 Å². The predicted molar refractivity (Wildman–Crippen MR) is 56.3 cm³/mol. The number of anilines is 1. The van der Waals surface area contributed by atoms with Gasteiger partial charge in [0, 0.05) is 19.3 Å². The third kappa shape index (κ3) is 2.66. The molecule has 16 heavy (non-hydrogen) atoms. The number of aliphatic hydroxyl groups is 1. The maximum atomic E-state index is 12.7. The van der Waals surface area contributed by atoms with E-state index >= 15 is 0 Å². The molecule has 0 radical (unpaired) electrons. The molecule has 0 fully saturated rings. The summed E-state index contributed by atoms with van der Waals surface area (Å²) in [6.45, 7) is 1.87. The lowest BCUT2D eigenvalue weighted by Gasteiger charge is -2.20. The Morgan fingerprint density at radius 2 is 1.94 bits per heavy atom. The molecule has 0 aliphatic heterocycles. The number of rotatable bonds is 3. The molecule has 1 aromatic carbocycles. The topological polar surface area (TPSA) is 23.5 Å². The molecule has 5 heteroatoms. The Balaban J connectivity index is 3.22. The largest absolute Gasteiger partial charge is 0.416 e. The first-order chi connectivity index (χ1) is 7.40. The van der Waals surface area contributed by atoms with Crippen LogP contribution in [0.15, 0.2) is 18.2 Å². The number of nitrogens with zero attached hydrogens (tertiary/aromatic N) is 1. The van der Waals surface area contributed by atoms with Crippen molar-refractivity contribution in [3.63, 3.8) is 0 Å². The first kappa shape index (κ1) is 12.8. The van der Waals surface area contributed by atoms with Gasteiger partial charge >= 0.3 is 6.18 Å². The van der Waals surface area contributed by atoms with Crippen molar-refractivity contribution in [3.05, 3.63) is 29.3 Å². The van der Waals surface area contributed by atoms with E-state index < -0.39 is 18.3 Å². The van der Waals surface area contributed by atoms with Crippen LogP contribution in [0.4, 0.5) is 18.9 Å². The van der Waals surface area contributed by atoms with E-state index in [0.29, 0.717) is 12.2 Å². The first-order valence-electron chi connectivity index (χ1n) is 4.92. The third-order valence-electron chi connectivity index (χ3n) is 2.48. The average Bonchev–Trinajstić information content (AvgIpc) is 2.26. The van der Waals surface area contributed by atoms with Gasteiger partial charge in [-0.15, -0.1) is 0 Å². The number of halogens is 3. The Hall–Kier alpha value is -1.23. The highest BCUT2D eigenvalue weighted by Crippen LogP contribution is 2.34. The van der Waals surface area contributed by atoms with E-state index in [1.165, 1.54) is 6.07 Å². The normalized spacial score (nSPS) is 11.6. The summed E-state index contributed by atoms with van der Waals surface area (Å²) in [6.07, 6.45) is -4.43. The molecular formula is C11H14F3NO. The van der Waals surface area contributed by atoms with Crippen LogP contribution in [0, 0.1) is 0 Å². The highest BCUT2D eigenvalue weighted by atomic mass is 19.4. The van der Waals surface area contributed by atoms with Crippen LogP contribution in [0.5, 0.6) is 0 Å². The number of aliphatic hydroxyl groups excluding tert-OH is 1. The van der Waals surface area contributed by atoms with Gasteiger partial charge in [-0.3, -0.25) is 0 Å². The fourth-order valence-electron chi connectivity index (χ4n) is 1.39. The molecule has 2 nitrogen and oxygen atoms in total. The summed E-state index contributed by atoms with van der Waals surface area (Å²) >= 11 is 0. The SMILES string of the molecule is CCN(C)c1ccc(CO)c(C(F)(F)F)c1. The second-order valence-corrected chi connectivity index (χ2v) is 3.51. The van der Waals surface area contributed by atoms with Crippen LogP contribution >= 0.6 is 0 Å². The molecule has 0 heterocycles. The number of benzene rings is 1. The molecule has 0 bridgehead atoms. The summed E-state index contributed by atoms with van der Waals surface area (Å²) in [5, 5.41) is 8.85. The molecule has 0 spiro atoms. The van der Waals surface area contributed by atoms with Crippen molar-refractivity contribution in [1.29, 1.82) is 0 Å². The molecule has 90 valence electrons. The van der Waals surface area contributed by atoms with Crippen LogP contribution in [-0.4, -0.2) is 18.7 Å². The van der Waals surface area contributed by atoms with Crippen LogP contribution in [0.25, 0.3) is 0 Å². The van der Waals surface area contributed by atoms with E-state index in [9.17, 15) is 13.2 Å². The Kier molecular flexibility index (Phi) is 3.80. The summed E-state index contributed by atoms with van der Waals surface area (Å²) in [4.78, 5) is 1.70. The van der Waals surface area contributed by atoms with Crippen molar-refractivity contribution >= 4 is 5.69 Å². The minimum Gasteiger partial charge on any atom is -0.392 e. The van der Waals surface area contributed by atoms with Gasteiger partial charge in [0.1, 0.15) is 0 Å². The Labute approximate surface area is 92.3 Å². The van der Waals surface area contributed by atoms with E-state index in [2.05, 4.69) is 0 Å². The monoisotopic (exact) mass is 233 g/mol. The lowest BCUT2D eigenvalue weighted by Crippen LogP contribution is -2.17. The van der Waals surface area contributed by atoms with Gasteiger partial charge in [0.15, 0.2) is 0 Å². The van der Waals surface area contributed by atoms with Crippen LogP contribution in [0.2, 0.25) is 0 Å². The van der Waals surface area contributed by atoms with Gasteiger partial charge in [-0.1, -0.05) is 6.07 Å². The summed E-state index contributed by atoms with van der Waals surface area (Å²) in [6, 6.07) is 3.95. The van der Waals surface area contributed by atoms with Crippen LogP contribution in [0.1, 0.15) is 18.1 Å². The zero-order chi connectivity index (χ0) is 12.3. The van der Waals surface area contributed by atoms with Gasteiger partial charge in [-0.05, 0) is 24.6 Å². The zero-order valence-corrected chi connectivity index (χ0v) is 9.17. The molecule has 0 saturated carbocycles. The summed E-state index contributed by atoms with van der Waals surface area (Å²) in [7, 11) is 1.72. The van der Waals surface area contributed by atoms with E-state index in [0.717, 1.165) is 6.07 Å². The number of hydrogen-bond acceptors (Lipinski definition) is 2. The Bertz CT molecular complexity index is 363. The lowest BCUT2D eigenvalue weighted by atomic mass is 10.1. The maximum absolute atomic E-state index is 12.7. The van der Waals surface area contributed by atoms with Crippen LogP contribution < -0.4 is 4.90 Å². The molecule has 0 atom stereocenters. The lowest BCUT2D eigenvalue weighted by molar-refractivity contribution is -0.138. The second-order valence-electron chi connectivity index (χ2n) is 3.51. The molecule has 0 aromatic heterocycles. The maximum Gasteiger partial charge on any atom is 0.416 e.